The number of carbonyl (C=O) groups is 2. The lowest BCUT2D eigenvalue weighted by Gasteiger charge is -2.34. The van der Waals surface area contributed by atoms with E-state index in [2.05, 4.69) is 5.32 Å². The third kappa shape index (κ3) is 4.97. The minimum absolute atomic E-state index is 0.000207. The number of aliphatic hydroxyl groups is 1. The van der Waals surface area contributed by atoms with Crippen molar-refractivity contribution in [2.45, 2.75) is 59.5 Å². The van der Waals surface area contributed by atoms with Crippen molar-refractivity contribution >= 4 is 11.8 Å². The fourth-order valence-corrected chi connectivity index (χ4v) is 2.75. The Morgan fingerprint density at radius 2 is 1.82 bits per heavy atom. The van der Waals surface area contributed by atoms with Crippen LogP contribution in [0.4, 0.5) is 0 Å². The second-order valence-electron chi connectivity index (χ2n) is 7.14. The highest BCUT2D eigenvalue weighted by atomic mass is 16.3. The van der Waals surface area contributed by atoms with Crippen molar-refractivity contribution in [2.75, 3.05) is 19.6 Å². The Labute approximate surface area is 134 Å². The molecule has 0 radical (unpaired) electrons. The summed E-state index contributed by atoms with van der Waals surface area (Å²) in [5.41, 5.74) is -0.876. The molecule has 1 aliphatic rings. The Kier molecular flexibility index (Phi) is 6.85. The van der Waals surface area contributed by atoms with Gasteiger partial charge in [-0.3, -0.25) is 9.59 Å². The predicted octanol–water partition coefficient (Wildman–Crippen LogP) is 1.79. The highest BCUT2D eigenvalue weighted by Gasteiger charge is 2.31. The highest BCUT2D eigenvalue weighted by molar-refractivity contribution is 5.80. The quantitative estimate of drug-likeness (QED) is 0.785. The number of nitrogens with one attached hydrogen (secondary N) is 1. The van der Waals surface area contributed by atoms with Crippen molar-refractivity contribution in [3.8, 4) is 0 Å². The molecule has 0 spiro atoms. The zero-order valence-corrected chi connectivity index (χ0v) is 14.7. The Balaban J connectivity index is 2.42. The monoisotopic (exact) mass is 312 g/mol. The molecular formula is C17H32N2O3. The summed E-state index contributed by atoms with van der Waals surface area (Å²) in [7, 11) is 0. The van der Waals surface area contributed by atoms with Crippen LogP contribution in [0, 0.1) is 17.8 Å². The van der Waals surface area contributed by atoms with Crippen LogP contribution in [0.3, 0.4) is 0 Å². The van der Waals surface area contributed by atoms with E-state index in [0.717, 1.165) is 6.42 Å². The first kappa shape index (κ1) is 18.9. The largest absolute Gasteiger partial charge is 0.388 e. The van der Waals surface area contributed by atoms with Crippen LogP contribution in [0.5, 0.6) is 0 Å². The minimum Gasteiger partial charge on any atom is -0.388 e. The van der Waals surface area contributed by atoms with Gasteiger partial charge in [0.1, 0.15) is 0 Å². The van der Waals surface area contributed by atoms with Crippen molar-refractivity contribution in [2.24, 2.45) is 17.8 Å². The zero-order valence-electron chi connectivity index (χ0n) is 14.7. The summed E-state index contributed by atoms with van der Waals surface area (Å²) >= 11 is 0. The molecule has 2 N–H and O–H groups in total. The van der Waals surface area contributed by atoms with Crippen LogP contribution in [0.2, 0.25) is 0 Å². The number of hydrogen-bond acceptors (Lipinski definition) is 3. The van der Waals surface area contributed by atoms with Crippen molar-refractivity contribution in [3.05, 3.63) is 0 Å². The topological polar surface area (TPSA) is 69.6 Å². The van der Waals surface area contributed by atoms with Crippen LogP contribution in [-0.4, -0.2) is 47.1 Å². The van der Waals surface area contributed by atoms with Crippen LogP contribution in [0.25, 0.3) is 0 Å². The summed E-state index contributed by atoms with van der Waals surface area (Å²) in [5.74, 6) is 0.261. The van der Waals surface area contributed by atoms with E-state index in [1.165, 1.54) is 0 Å². The van der Waals surface area contributed by atoms with E-state index >= 15 is 0 Å². The van der Waals surface area contributed by atoms with E-state index in [4.69, 9.17) is 0 Å². The van der Waals surface area contributed by atoms with Crippen LogP contribution in [0.1, 0.15) is 53.9 Å². The van der Waals surface area contributed by atoms with Gasteiger partial charge in [-0.2, -0.15) is 0 Å². The number of nitrogens with zero attached hydrogens (tertiary/aromatic N) is 1. The van der Waals surface area contributed by atoms with Gasteiger partial charge in [-0.25, -0.2) is 0 Å². The number of likely N-dealkylation sites (tertiary alicyclic amines) is 1. The Morgan fingerprint density at radius 1 is 1.27 bits per heavy atom. The van der Waals surface area contributed by atoms with E-state index in [9.17, 15) is 14.7 Å². The van der Waals surface area contributed by atoms with Crippen LogP contribution in [0.15, 0.2) is 0 Å². The summed E-state index contributed by atoms with van der Waals surface area (Å²) in [6.45, 7) is 11.2. The molecular weight excluding hydrogens is 280 g/mol. The molecule has 5 nitrogen and oxygen atoms in total. The maximum absolute atomic E-state index is 12.2. The molecule has 128 valence electrons. The van der Waals surface area contributed by atoms with Crippen molar-refractivity contribution in [1.29, 1.82) is 0 Å². The average molecular weight is 312 g/mol. The molecule has 0 aromatic rings. The van der Waals surface area contributed by atoms with Gasteiger partial charge in [-0.05, 0) is 25.7 Å². The molecule has 0 aromatic heterocycles. The second-order valence-corrected chi connectivity index (χ2v) is 7.14. The van der Waals surface area contributed by atoms with Gasteiger partial charge in [0.15, 0.2) is 0 Å². The molecule has 1 fully saturated rings. The fraction of sp³-hybridized carbons (Fsp3) is 0.882. The summed E-state index contributed by atoms with van der Waals surface area (Å²) in [5, 5.41) is 13.2. The van der Waals surface area contributed by atoms with Crippen LogP contribution >= 0.6 is 0 Å². The van der Waals surface area contributed by atoms with Crippen LogP contribution in [-0.2, 0) is 9.59 Å². The number of hydrogen-bond donors (Lipinski definition) is 2. The summed E-state index contributed by atoms with van der Waals surface area (Å²) in [4.78, 5) is 26.0. The van der Waals surface area contributed by atoms with Gasteiger partial charge in [-0.1, -0.05) is 34.1 Å². The minimum atomic E-state index is -0.876. The van der Waals surface area contributed by atoms with Crippen molar-refractivity contribution < 1.29 is 14.7 Å². The predicted molar refractivity (Wildman–Crippen MR) is 87.2 cm³/mol. The van der Waals surface area contributed by atoms with Gasteiger partial charge in [0.05, 0.1) is 5.60 Å². The van der Waals surface area contributed by atoms with Crippen molar-refractivity contribution in [1.82, 2.24) is 10.2 Å². The third-order valence-corrected chi connectivity index (χ3v) is 4.97. The van der Waals surface area contributed by atoms with E-state index in [1.54, 1.807) is 6.92 Å². The molecule has 2 unspecified atom stereocenters. The Bertz CT molecular complexity index is 385. The maximum Gasteiger partial charge on any atom is 0.225 e. The van der Waals surface area contributed by atoms with Crippen molar-refractivity contribution in [3.63, 3.8) is 0 Å². The molecule has 0 aromatic carbocycles. The first-order valence-corrected chi connectivity index (χ1v) is 8.47. The summed E-state index contributed by atoms with van der Waals surface area (Å²) in [6.07, 6.45) is 2.28. The van der Waals surface area contributed by atoms with Gasteiger partial charge in [0.25, 0.3) is 0 Å². The van der Waals surface area contributed by atoms with Gasteiger partial charge < -0.3 is 15.3 Å². The molecule has 2 atom stereocenters. The molecule has 0 aliphatic carbocycles. The molecule has 5 heteroatoms. The van der Waals surface area contributed by atoms with Gasteiger partial charge in [0.2, 0.25) is 11.8 Å². The van der Waals surface area contributed by atoms with E-state index in [0.29, 0.717) is 25.9 Å². The molecule has 0 bridgehead atoms. The van der Waals surface area contributed by atoms with Crippen LogP contribution < -0.4 is 5.32 Å². The number of piperidine rings is 1. The molecule has 2 amide bonds. The number of rotatable bonds is 6. The van der Waals surface area contributed by atoms with E-state index in [1.807, 2.05) is 32.6 Å². The first-order valence-electron chi connectivity index (χ1n) is 8.47. The van der Waals surface area contributed by atoms with Gasteiger partial charge >= 0.3 is 0 Å². The molecule has 1 rings (SSSR count). The average Bonchev–Trinajstić information content (AvgIpc) is 2.51. The molecule has 1 saturated heterocycles. The fourth-order valence-electron chi connectivity index (χ4n) is 2.75. The lowest BCUT2D eigenvalue weighted by molar-refractivity contribution is -0.138. The van der Waals surface area contributed by atoms with Gasteiger partial charge in [-0.15, -0.1) is 0 Å². The lowest BCUT2D eigenvalue weighted by Crippen LogP contribution is -2.49. The standard InChI is InChI=1S/C17H32N2O3/c1-6-13(4)17(5,22)11-18-15(20)14-7-9-19(10-8-14)16(21)12(2)3/h12-14,22H,6-11H2,1-5H3,(H,18,20). The van der Waals surface area contributed by atoms with E-state index < -0.39 is 5.60 Å². The smallest absolute Gasteiger partial charge is 0.225 e. The normalized spacial score (nSPS) is 20.6. The molecule has 1 aliphatic heterocycles. The van der Waals surface area contributed by atoms with Gasteiger partial charge in [0, 0.05) is 31.5 Å². The summed E-state index contributed by atoms with van der Waals surface area (Å²) in [6, 6.07) is 0. The molecule has 0 saturated carbocycles. The lowest BCUT2D eigenvalue weighted by atomic mass is 9.88. The number of carbonyl (C=O) groups excluding carboxylic acids is 2. The van der Waals surface area contributed by atoms with E-state index in [-0.39, 0.29) is 36.1 Å². The third-order valence-electron chi connectivity index (χ3n) is 4.97. The first-order chi connectivity index (χ1) is 10.2. The highest BCUT2D eigenvalue weighted by Crippen LogP contribution is 2.21. The second kappa shape index (κ2) is 7.95. The zero-order chi connectivity index (χ0) is 16.9. The summed E-state index contributed by atoms with van der Waals surface area (Å²) < 4.78 is 0. The molecule has 22 heavy (non-hydrogen) atoms. The SMILES string of the molecule is CCC(C)C(C)(O)CNC(=O)C1CCN(C(=O)C(C)C)CC1. The maximum atomic E-state index is 12.2. The Hall–Kier alpha value is -1.10. The Morgan fingerprint density at radius 3 is 2.27 bits per heavy atom. The molecule has 1 heterocycles. The number of amides is 2.